The van der Waals surface area contributed by atoms with E-state index in [4.69, 9.17) is 9.47 Å². The molecule has 0 unspecified atom stereocenters. The minimum absolute atomic E-state index is 0.342. The van der Waals surface area contributed by atoms with Crippen LogP contribution in [-0.2, 0) is 4.79 Å². The molecule has 3 aromatic rings. The Morgan fingerprint density at radius 2 is 1.77 bits per heavy atom. The second-order valence-corrected chi connectivity index (χ2v) is 6.25. The van der Waals surface area contributed by atoms with Gasteiger partial charge in [0.1, 0.15) is 17.3 Å². The Labute approximate surface area is 174 Å². The highest BCUT2D eigenvalue weighted by Gasteiger charge is 2.08. The zero-order valence-electron chi connectivity index (χ0n) is 16.2. The standard InChI is InChI=1S/C25H18FNO3/c1-29-24-8-3-2-7-23(24)20(17-27)15-19-5-4-6-22(16-19)30-25(28)14-11-18-9-12-21(26)13-10-18/h2-16H,1H3/b14-11+,20-15-. The summed E-state index contributed by atoms with van der Waals surface area (Å²) >= 11 is 0. The molecule has 4 nitrogen and oxygen atoms in total. The number of carbonyl (C=O) groups excluding carboxylic acids is 1. The summed E-state index contributed by atoms with van der Waals surface area (Å²) in [7, 11) is 1.55. The predicted octanol–water partition coefficient (Wildman–Crippen LogP) is 5.52. The van der Waals surface area contributed by atoms with E-state index in [0.717, 1.165) is 0 Å². The molecule has 0 N–H and O–H groups in total. The van der Waals surface area contributed by atoms with E-state index in [0.29, 0.717) is 33.8 Å². The van der Waals surface area contributed by atoms with E-state index in [1.165, 1.54) is 18.2 Å². The van der Waals surface area contributed by atoms with Crippen molar-refractivity contribution in [1.82, 2.24) is 0 Å². The van der Waals surface area contributed by atoms with Crippen molar-refractivity contribution in [3.63, 3.8) is 0 Å². The van der Waals surface area contributed by atoms with Crippen LogP contribution < -0.4 is 9.47 Å². The highest BCUT2D eigenvalue weighted by atomic mass is 19.1. The van der Waals surface area contributed by atoms with Crippen molar-refractivity contribution in [2.24, 2.45) is 0 Å². The molecule has 5 heteroatoms. The van der Waals surface area contributed by atoms with Gasteiger partial charge in [0.25, 0.3) is 0 Å². The Bertz CT molecular complexity index is 1140. The summed E-state index contributed by atoms with van der Waals surface area (Å²) in [6.45, 7) is 0. The van der Waals surface area contributed by atoms with E-state index >= 15 is 0 Å². The molecular weight excluding hydrogens is 381 g/mol. The topological polar surface area (TPSA) is 59.3 Å². The van der Waals surface area contributed by atoms with Crippen molar-refractivity contribution in [3.8, 4) is 17.6 Å². The van der Waals surface area contributed by atoms with Crippen LogP contribution in [0.2, 0.25) is 0 Å². The number of carbonyl (C=O) groups is 1. The lowest BCUT2D eigenvalue weighted by Crippen LogP contribution is -2.03. The van der Waals surface area contributed by atoms with Crippen LogP contribution in [0.1, 0.15) is 16.7 Å². The molecule has 0 saturated heterocycles. The number of esters is 1. The van der Waals surface area contributed by atoms with Gasteiger partial charge < -0.3 is 9.47 Å². The van der Waals surface area contributed by atoms with Crippen LogP contribution in [-0.4, -0.2) is 13.1 Å². The van der Waals surface area contributed by atoms with Gasteiger partial charge in [0.15, 0.2) is 0 Å². The molecule has 3 aromatic carbocycles. The van der Waals surface area contributed by atoms with E-state index in [1.54, 1.807) is 67.8 Å². The monoisotopic (exact) mass is 399 g/mol. The third-order valence-electron chi connectivity index (χ3n) is 4.19. The van der Waals surface area contributed by atoms with E-state index in [1.807, 2.05) is 12.1 Å². The molecular formula is C25H18FNO3. The summed E-state index contributed by atoms with van der Waals surface area (Å²) in [5.74, 6) is 0.0313. The molecule has 0 saturated carbocycles. The van der Waals surface area contributed by atoms with Crippen LogP contribution in [0.25, 0.3) is 17.7 Å². The molecule has 0 aromatic heterocycles. The molecule has 0 spiro atoms. The first kappa shape index (κ1) is 20.6. The molecule has 0 aliphatic rings. The zero-order valence-corrected chi connectivity index (χ0v) is 16.2. The summed E-state index contributed by atoms with van der Waals surface area (Å²) in [4.78, 5) is 12.1. The van der Waals surface area contributed by atoms with Gasteiger partial charge in [-0.25, -0.2) is 9.18 Å². The maximum absolute atomic E-state index is 12.9. The summed E-state index contributed by atoms with van der Waals surface area (Å²) in [6, 6.07) is 22.0. The maximum atomic E-state index is 12.9. The van der Waals surface area contributed by atoms with Gasteiger partial charge in [-0.3, -0.25) is 0 Å². The predicted molar refractivity (Wildman–Crippen MR) is 114 cm³/mol. The van der Waals surface area contributed by atoms with Gasteiger partial charge in [0, 0.05) is 11.6 Å². The Balaban J connectivity index is 1.77. The van der Waals surface area contributed by atoms with E-state index in [2.05, 4.69) is 6.07 Å². The Morgan fingerprint density at radius 3 is 2.50 bits per heavy atom. The third kappa shape index (κ3) is 5.43. The molecule has 0 atom stereocenters. The molecule has 0 radical (unpaired) electrons. The number of ether oxygens (including phenoxy) is 2. The van der Waals surface area contributed by atoms with Gasteiger partial charge in [0.05, 0.1) is 18.8 Å². The molecule has 30 heavy (non-hydrogen) atoms. The van der Waals surface area contributed by atoms with Crippen molar-refractivity contribution in [1.29, 1.82) is 5.26 Å². The SMILES string of the molecule is COc1ccccc1/C(C#N)=C\c1cccc(OC(=O)/C=C/c2ccc(F)cc2)c1. The number of halogens is 1. The van der Waals surface area contributed by atoms with Crippen LogP contribution in [0.5, 0.6) is 11.5 Å². The number of methoxy groups -OCH3 is 1. The summed E-state index contributed by atoms with van der Waals surface area (Å²) in [5, 5.41) is 9.58. The minimum atomic E-state index is -0.564. The number of hydrogen-bond donors (Lipinski definition) is 0. The number of para-hydroxylation sites is 1. The van der Waals surface area contributed by atoms with Crippen LogP contribution >= 0.6 is 0 Å². The van der Waals surface area contributed by atoms with Gasteiger partial charge in [-0.1, -0.05) is 36.4 Å². The van der Waals surface area contributed by atoms with Crippen molar-refractivity contribution < 1.29 is 18.7 Å². The third-order valence-corrected chi connectivity index (χ3v) is 4.19. The van der Waals surface area contributed by atoms with E-state index in [9.17, 15) is 14.4 Å². The lowest BCUT2D eigenvalue weighted by atomic mass is 10.0. The number of nitrogens with zero attached hydrogens (tertiary/aromatic N) is 1. The normalized spacial score (nSPS) is 11.2. The molecule has 0 aliphatic carbocycles. The van der Waals surface area contributed by atoms with Gasteiger partial charge in [-0.15, -0.1) is 0 Å². The first-order valence-electron chi connectivity index (χ1n) is 9.10. The summed E-state index contributed by atoms with van der Waals surface area (Å²) < 4.78 is 23.6. The second kappa shape index (κ2) is 9.85. The Morgan fingerprint density at radius 1 is 1.00 bits per heavy atom. The molecule has 3 rings (SSSR count). The Hall–Kier alpha value is -4.17. The van der Waals surface area contributed by atoms with Crippen LogP contribution in [0, 0.1) is 17.1 Å². The van der Waals surface area contributed by atoms with Gasteiger partial charge >= 0.3 is 5.97 Å². The van der Waals surface area contributed by atoms with Crippen LogP contribution in [0.4, 0.5) is 4.39 Å². The molecule has 148 valence electrons. The molecule has 0 bridgehead atoms. The number of rotatable bonds is 6. The molecule has 0 amide bonds. The Kier molecular flexibility index (Phi) is 6.75. The first-order valence-corrected chi connectivity index (χ1v) is 9.10. The fraction of sp³-hybridized carbons (Fsp3) is 0.0400. The van der Waals surface area contributed by atoms with Crippen LogP contribution in [0.3, 0.4) is 0 Å². The van der Waals surface area contributed by atoms with Gasteiger partial charge in [-0.05, 0) is 59.7 Å². The van der Waals surface area contributed by atoms with Gasteiger partial charge in [-0.2, -0.15) is 5.26 Å². The van der Waals surface area contributed by atoms with Crippen LogP contribution in [0.15, 0.2) is 78.9 Å². The quantitative estimate of drug-likeness (QED) is 0.180. The average molecular weight is 399 g/mol. The second-order valence-electron chi connectivity index (χ2n) is 6.25. The minimum Gasteiger partial charge on any atom is -0.496 e. The number of allylic oxidation sites excluding steroid dienone is 1. The maximum Gasteiger partial charge on any atom is 0.336 e. The largest absolute Gasteiger partial charge is 0.496 e. The van der Waals surface area contributed by atoms with Crippen molar-refractivity contribution in [2.75, 3.05) is 7.11 Å². The summed E-state index contributed by atoms with van der Waals surface area (Å²) in [5.41, 5.74) is 2.48. The van der Waals surface area contributed by atoms with E-state index in [-0.39, 0.29) is 5.82 Å². The zero-order chi connectivity index (χ0) is 21.3. The lowest BCUT2D eigenvalue weighted by molar-refractivity contribution is -0.128. The molecule has 0 aliphatic heterocycles. The number of benzene rings is 3. The number of nitriles is 1. The van der Waals surface area contributed by atoms with Crippen molar-refractivity contribution in [2.45, 2.75) is 0 Å². The molecule has 0 fully saturated rings. The average Bonchev–Trinajstić information content (AvgIpc) is 2.77. The first-order chi connectivity index (χ1) is 14.6. The fourth-order valence-electron chi connectivity index (χ4n) is 2.76. The summed E-state index contributed by atoms with van der Waals surface area (Å²) in [6.07, 6.45) is 4.51. The highest BCUT2D eigenvalue weighted by Crippen LogP contribution is 2.27. The highest BCUT2D eigenvalue weighted by molar-refractivity contribution is 5.92. The number of hydrogen-bond acceptors (Lipinski definition) is 4. The smallest absolute Gasteiger partial charge is 0.336 e. The van der Waals surface area contributed by atoms with Crippen molar-refractivity contribution in [3.05, 3.63) is 101 Å². The van der Waals surface area contributed by atoms with Gasteiger partial charge in [0.2, 0.25) is 0 Å². The van der Waals surface area contributed by atoms with Crippen molar-refractivity contribution >= 4 is 23.7 Å². The molecule has 0 heterocycles. The lowest BCUT2D eigenvalue weighted by Gasteiger charge is -2.07. The fourth-order valence-corrected chi connectivity index (χ4v) is 2.76. The van der Waals surface area contributed by atoms with E-state index < -0.39 is 5.97 Å².